The molecule has 12 heavy (non-hydrogen) atoms. The lowest BCUT2D eigenvalue weighted by Crippen LogP contribution is -1.86. The Morgan fingerprint density at radius 3 is 3.08 bits per heavy atom. The highest BCUT2D eigenvalue weighted by Gasteiger charge is 2.23. The van der Waals surface area contributed by atoms with Crippen molar-refractivity contribution in [3.63, 3.8) is 0 Å². The zero-order valence-electron chi connectivity index (χ0n) is 6.77. The van der Waals surface area contributed by atoms with E-state index in [1.165, 1.54) is 18.4 Å². The standard InChI is InChI=1S/C10H10N2/c1-2-8(1)9-3-4-10-11-5-6-12(10)7-9/h3-8H,1-2H2. The van der Waals surface area contributed by atoms with Gasteiger partial charge in [0, 0.05) is 18.6 Å². The lowest BCUT2D eigenvalue weighted by Gasteiger charge is -1.98. The second kappa shape index (κ2) is 2.09. The number of fused-ring (bicyclic) bond motifs is 1. The summed E-state index contributed by atoms with van der Waals surface area (Å²) in [5, 5.41) is 0. The third-order valence-electron chi connectivity index (χ3n) is 2.46. The van der Waals surface area contributed by atoms with Crippen LogP contribution in [0.25, 0.3) is 5.65 Å². The number of hydrogen-bond donors (Lipinski definition) is 0. The predicted octanol–water partition coefficient (Wildman–Crippen LogP) is 2.21. The van der Waals surface area contributed by atoms with Crippen LogP contribution in [0.1, 0.15) is 24.3 Å². The van der Waals surface area contributed by atoms with Gasteiger partial charge in [-0.1, -0.05) is 6.07 Å². The van der Waals surface area contributed by atoms with Crippen molar-refractivity contribution in [3.8, 4) is 0 Å². The molecule has 0 radical (unpaired) electrons. The largest absolute Gasteiger partial charge is 0.307 e. The van der Waals surface area contributed by atoms with E-state index in [-0.39, 0.29) is 0 Å². The summed E-state index contributed by atoms with van der Waals surface area (Å²) in [4.78, 5) is 4.20. The average Bonchev–Trinajstić information content (AvgIpc) is 2.84. The fourth-order valence-corrected chi connectivity index (χ4v) is 1.60. The van der Waals surface area contributed by atoms with Crippen LogP contribution in [-0.4, -0.2) is 9.38 Å². The van der Waals surface area contributed by atoms with Gasteiger partial charge >= 0.3 is 0 Å². The van der Waals surface area contributed by atoms with Crippen molar-refractivity contribution in [3.05, 3.63) is 36.3 Å². The quantitative estimate of drug-likeness (QED) is 0.622. The monoisotopic (exact) mass is 158 g/mol. The molecule has 0 unspecified atom stereocenters. The summed E-state index contributed by atoms with van der Waals surface area (Å²) in [5.74, 6) is 0.830. The SMILES string of the molecule is c1cn2cc(C3CC3)ccc2n1. The molecule has 2 aromatic heterocycles. The summed E-state index contributed by atoms with van der Waals surface area (Å²) in [6, 6.07) is 4.29. The van der Waals surface area contributed by atoms with E-state index in [0.717, 1.165) is 11.6 Å². The molecule has 0 amide bonds. The number of hydrogen-bond acceptors (Lipinski definition) is 1. The maximum Gasteiger partial charge on any atom is 0.136 e. The summed E-state index contributed by atoms with van der Waals surface area (Å²) in [7, 11) is 0. The topological polar surface area (TPSA) is 17.3 Å². The molecule has 60 valence electrons. The van der Waals surface area contributed by atoms with E-state index >= 15 is 0 Å². The Morgan fingerprint density at radius 2 is 2.25 bits per heavy atom. The molecule has 2 aromatic rings. The minimum absolute atomic E-state index is 0.830. The maximum absolute atomic E-state index is 4.20. The van der Waals surface area contributed by atoms with E-state index in [0.29, 0.717) is 0 Å². The minimum atomic E-state index is 0.830. The van der Waals surface area contributed by atoms with Gasteiger partial charge in [-0.15, -0.1) is 0 Å². The molecule has 3 rings (SSSR count). The maximum atomic E-state index is 4.20. The average molecular weight is 158 g/mol. The summed E-state index contributed by atoms with van der Waals surface area (Å²) >= 11 is 0. The van der Waals surface area contributed by atoms with Crippen LogP contribution in [0, 0.1) is 0 Å². The molecule has 0 aliphatic heterocycles. The lowest BCUT2D eigenvalue weighted by molar-refractivity contribution is 1.06. The molecular formula is C10H10N2. The summed E-state index contributed by atoms with van der Waals surface area (Å²) in [6.45, 7) is 0. The van der Waals surface area contributed by atoms with E-state index in [1.54, 1.807) is 0 Å². The second-order valence-corrected chi connectivity index (χ2v) is 3.43. The van der Waals surface area contributed by atoms with Gasteiger partial charge in [0.25, 0.3) is 0 Å². The molecular weight excluding hydrogens is 148 g/mol. The number of nitrogens with zero attached hydrogens (tertiary/aromatic N) is 2. The van der Waals surface area contributed by atoms with E-state index in [2.05, 4.69) is 27.7 Å². The highest BCUT2D eigenvalue weighted by atomic mass is 15.0. The van der Waals surface area contributed by atoms with Crippen molar-refractivity contribution in [2.75, 3.05) is 0 Å². The van der Waals surface area contributed by atoms with Gasteiger partial charge in [0.05, 0.1) is 0 Å². The first-order valence-electron chi connectivity index (χ1n) is 4.36. The van der Waals surface area contributed by atoms with Crippen molar-refractivity contribution in [2.24, 2.45) is 0 Å². The Bertz CT molecular complexity index is 412. The van der Waals surface area contributed by atoms with E-state index < -0.39 is 0 Å². The van der Waals surface area contributed by atoms with Gasteiger partial charge in [-0.3, -0.25) is 0 Å². The molecule has 1 aliphatic carbocycles. The Hall–Kier alpha value is -1.31. The van der Waals surface area contributed by atoms with Gasteiger partial charge < -0.3 is 4.40 Å². The molecule has 1 saturated carbocycles. The molecule has 0 N–H and O–H groups in total. The van der Waals surface area contributed by atoms with Crippen molar-refractivity contribution in [2.45, 2.75) is 18.8 Å². The van der Waals surface area contributed by atoms with Gasteiger partial charge in [0.1, 0.15) is 5.65 Å². The summed E-state index contributed by atoms with van der Waals surface area (Å²) < 4.78 is 2.09. The zero-order chi connectivity index (χ0) is 7.97. The molecule has 1 fully saturated rings. The predicted molar refractivity (Wildman–Crippen MR) is 47.2 cm³/mol. The molecule has 2 heterocycles. The van der Waals surface area contributed by atoms with E-state index in [4.69, 9.17) is 0 Å². The number of rotatable bonds is 1. The summed E-state index contributed by atoms with van der Waals surface area (Å²) in [5.41, 5.74) is 2.50. The van der Waals surface area contributed by atoms with Crippen molar-refractivity contribution < 1.29 is 0 Å². The van der Waals surface area contributed by atoms with Crippen LogP contribution in [0.4, 0.5) is 0 Å². The Morgan fingerprint density at radius 1 is 1.33 bits per heavy atom. The van der Waals surface area contributed by atoms with Crippen LogP contribution >= 0.6 is 0 Å². The van der Waals surface area contributed by atoms with Gasteiger partial charge in [0.2, 0.25) is 0 Å². The normalized spacial score (nSPS) is 17.0. The lowest BCUT2D eigenvalue weighted by atomic mass is 10.2. The van der Waals surface area contributed by atoms with Gasteiger partial charge in [-0.05, 0) is 30.4 Å². The number of pyridine rings is 1. The van der Waals surface area contributed by atoms with Crippen LogP contribution < -0.4 is 0 Å². The molecule has 2 nitrogen and oxygen atoms in total. The molecule has 0 atom stereocenters. The van der Waals surface area contributed by atoms with Gasteiger partial charge in [0.15, 0.2) is 0 Å². The fourth-order valence-electron chi connectivity index (χ4n) is 1.60. The first-order chi connectivity index (χ1) is 5.93. The van der Waals surface area contributed by atoms with Crippen molar-refractivity contribution in [1.29, 1.82) is 0 Å². The van der Waals surface area contributed by atoms with E-state index in [9.17, 15) is 0 Å². The smallest absolute Gasteiger partial charge is 0.136 e. The van der Waals surface area contributed by atoms with Crippen LogP contribution in [0.2, 0.25) is 0 Å². The van der Waals surface area contributed by atoms with Crippen LogP contribution in [-0.2, 0) is 0 Å². The van der Waals surface area contributed by atoms with Crippen LogP contribution in [0.15, 0.2) is 30.7 Å². The second-order valence-electron chi connectivity index (χ2n) is 3.43. The van der Waals surface area contributed by atoms with E-state index in [1.807, 2.05) is 12.4 Å². The molecule has 1 aliphatic rings. The van der Waals surface area contributed by atoms with Crippen LogP contribution in [0.3, 0.4) is 0 Å². The fraction of sp³-hybridized carbons (Fsp3) is 0.300. The molecule has 2 heteroatoms. The third-order valence-corrected chi connectivity index (χ3v) is 2.46. The molecule has 0 bridgehead atoms. The van der Waals surface area contributed by atoms with Gasteiger partial charge in [-0.2, -0.15) is 0 Å². The molecule has 0 spiro atoms. The first-order valence-corrected chi connectivity index (χ1v) is 4.36. The highest BCUT2D eigenvalue weighted by Crippen LogP contribution is 2.39. The summed E-state index contributed by atoms with van der Waals surface area (Å²) in [6.07, 6.45) is 8.76. The zero-order valence-corrected chi connectivity index (χ0v) is 6.77. The van der Waals surface area contributed by atoms with Gasteiger partial charge in [-0.25, -0.2) is 4.98 Å². The Balaban J connectivity index is 2.21. The minimum Gasteiger partial charge on any atom is -0.307 e. The molecule has 0 saturated heterocycles. The molecule has 0 aromatic carbocycles. The Kier molecular flexibility index (Phi) is 1.09. The third kappa shape index (κ3) is 0.843. The van der Waals surface area contributed by atoms with Crippen molar-refractivity contribution >= 4 is 5.65 Å². The van der Waals surface area contributed by atoms with Crippen molar-refractivity contribution in [1.82, 2.24) is 9.38 Å². The number of aromatic nitrogens is 2. The van der Waals surface area contributed by atoms with Crippen LogP contribution in [0.5, 0.6) is 0 Å². The number of imidazole rings is 1. The highest BCUT2D eigenvalue weighted by molar-refractivity contribution is 5.40. The Labute approximate surface area is 70.9 Å². The first kappa shape index (κ1) is 6.23.